The highest BCUT2D eigenvalue weighted by atomic mass is 79.9. The largest absolute Gasteiger partial charge is 0.399 e. The van der Waals surface area contributed by atoms with Gasteiger partial charge in [0, 0.05) is 23.2 Å². The molecule has 1 aliphatic heterocycles. The van der Waals surface area contributed by atoms with Gasteiger partial charge in [0.15, 0.2) is 0 Å². The maximum absolute atomic E-state index is 12.2. The Balaban J connectivity index is 2.07. The normalized spacial score (nSPS) is 15.6. The third kappa shape index (κ3) is 3.50. The number of sulfonamides is 1. The van der Waals surface area contributed by atoms with Crippen LogP contribution in [0.3, 0.4) is 0 Å². The van der Waals surface area contributed by atoms with Gasteiger partial charge in [-0.3, -0.25) is 4.79 Å². The van der Waals surface area contributed by atoms with Gasteiger partial charge in [-0.1, -0.05) is 0 Å². The molecule has 0 aliphatic carbocycles. The topological polar surface area (TPSA) is 92.5 Å². The Morgan fingerprint density at radius 2 is 2.00 bits per heavy atom. The Hall–Kier alpha value is -1.12. The van der Waals surface area contributed by atoms with Crippen LogP contribution in [0, 0.1) is 0 Å². The standard InChI is InChI=1S/C12H16BrN3O3S/c13-10-4-3-9(14)7-11(10)20(18,19)15-8-12(17)16-5-1-2-6-16/h3-4,7,15H,1-2,5-6,8,14H2. The van der Waals surface area contributed by atoms with Gasteiger partial charge in [0.1, 0.15) is 0 Å². The summed E-state index contributed by atoms with van der Waals surface area (Å²) >= 11 is 3.17. The fourth-order valence-electron chi connectivity index (χ4n) is 2.04. The number of nitrogens with one attached hydrogen (secondary N) is 1. The molecule has 1 aromatic carbocycles. The van der Waals surface area contributed by atoms with Crippen molar-refractivity contribution in [3.63, 3.8) is 0 Å². The highest BCUT2D eigenvalue weighted by Crippen LogP contribution is 2.23. The third-order valence-corrected chi connectivity index (χ3v) is 5.51. The molecule has 0 unspecified atom stereocenters. The summed E-state index contributed by atoms with van der Waals surface area (Å²) in [6, 6.07) is 4.51. The fraction of sp³-hybridized carbons (Fsp3) is 0.417. The van der Waals surface area contributed by atoms with E-state index >= 15 is 0 Å². The fourth-order valence-corrected chi connectivity index (χ4v) is 4.01. The van der Waals surface area contributed by atoms with Crippen LogP contribution in [0.25, 0.3) is 0 Å². The number of carbonyl (C=O) groups excluding carboxylic acids is 1. The van der Waals surface area contributed by atoms with Crippen LogP contribution in [0.1, 0.15) is 12.8 Å². The first-order valence-corrected chi connectivity index (χ1v) is 8.50. The van der Waals surface area contributed by atoms with Crippen molar-refractivity contribution in [2.24, 2.45) is 0 Å². The van der Waals surface area contributed by atoms with E-state index in [9.17, 15) is 13.2 Å². The molecule has 6 nitrogen and oxygen atoms in total. The lowest BCUT2D eigenvalue weighted by atomic mass is 10.3. The minimum absolute atomic E-state index is 0.0340. The van der Waals surface area contributed by atoms with Gasteiger partial charge in [-0.15, -0.1) is 0 Å². The van der Waals surface area contributed by atoms with E-state index in [-0.39, 0.29) is 17.3 Å². The van der Waals surface area contributed by atoms with Gasteiger partial charge in [-0.2, -0.15) is 0 Å². The van der Waals surface area contributed by atoms with Crippen molar-refractivity contribution in [1.82, 2.24) is 9.62 Å². The molecule has 1 amide bonds. The zero-order chi connectivity index (χ0) is 14.8. The Bertz CT molecular complexity index is 612. The molecule has 0 saturated carbocycles. The zero-order valence-corrected chi connectivity index (χ0v) is 13.2. The number of rotatable bonds is 4. The smallest absolute Gasteiger partial charge is 0.242 e. The summed E-state index contributed by atoms with van der Waals surface area (Å²) in [5.74, 6) is -0.203. The molecule has 0 radical (unpaired) electrons. The molecule has 8 heteroatoms. The van der Waals surface area contributed by atoms with E-state index < -0.39 is 10.0 Å². The number of hydrogen-bond donors (Lipinski definition) is 2. The molecule has 1 aliphatic rings. The summed E-state index contributed by atoms with van der Waals surface area (Å²) in [5, 5.41) is 0. The molecule has 1 fully saturated rings. The van der Waals surface area contributed by atoms with Crippen molar-refractivity contribution in [3.05, 3.63) is 22.7 Å². The van der Waals surface area contributed by atoms with Crippen molar-refractivity contribution in [2.45, 2.75) is 17.7 Å². The van der Waals surface area contributed by atoms with Crippen molar-refractivity contribution < 1.29 is 13.2 Å². The second kappa shape index (κ2) is 6.11. The number of hydrogen-bond acceptors (Lipinski definition) is 4. The molecule has 110 valence electrons. The number of anilines is 1. The van der Waals surface area contributed by atoms with E-state index in [0.717, 1.165) is 12.8 Å². The molecule has 1 saturated heterocycles. The Kier molecular flexibility index (Phi) is 4.66. The highest BCUT2D eigenvalue weighted by molar-refractivity contribution is 9.10. The molecule has 0 atom stereocenters. The van der Waals surface area contributed by atoms with Crippen molar-refractivity contribution in [2.75, 3.05) is 25.4 Å². The van der Waals surface area contributed by atoms with Gasteiger partial charge in [-0.05, 0) is 47.0 Å². The summed E-state index contributed by atoms with van der Waals surface area (Å²) in [7, 11) is -3.76. The second-order valence-corrected chi connectivity index (χ2v) is 7.19. The monoisotopic (exact) mass is 361 g/mol. The summed E-state index contributed by atoms with van der Waals surface area (Å²) in [4.78, 5) is 13.5. The summed E-state index contributed by atoms with van der Waals surface area (Å²) in [6.45, 7) is 1.16. The van der Waals surface area contributed by atoms with Crippen molar-refractivity contribution in [1.29, 1.82) is 0 Å². The maximum Gasteiger partial charge on any atom is 0.242 e. The van der Waals surface area contributed by atoms with E-state index in [0.29, 0.717) is 23.2 Å². The zero-order valence-electron chi connectivity index (χ0n) is 10.8. The molecule has 3 N–H and O–H groups in total. The Labute approximate surface area is 126 Å². The number of halogens is 1. The molecule has 0 aromatic heterocycles. The Morgan fingerprint density at radius 1 is 1.35 bits per heavy atom. The van der Waals surface area contributed by atoms with E-state index in [4.69, 9.17) is 5.73 Å². The van der Waals surface area contributed by atoms with Crippen LogP contribution < -0.4 is 10.5 Å². The number of likely N-dealkylation sites (tertiary alicyclic amines) is 1. The van der Waals surface area contributed by atoms with Gasteiger partial charge < -0.3 is 10.6 Å². The number of nitrogens with zero attached hydrogens (tertiary/aromatic N) is 1. The lowest BCUT2D eigenvalue weighted by molar-refractivity contribution is -0.128. The summed E-state index contributed by atoms with van der Waals surface area (Å²) in [6.07, 6.45) is 1.94. The van der Waals surface area contributed by atoms with Crippen LogP contribution in [-0.4, -0.2) is 38.9 Å². The number of nitrogen functional groups attached to an aromatic ring is 1. The minimum Gasteiger partial charge on any atom is -0.399 e. The second-order valence-electron chi connectivity index (χ2n) is 4.60. The van der Waals surface area contributed by atoms with E-state index in [1.807, 2.05) is 0 Å². The number of benzene rings is 1. The lowest BCUT2D eigenvalue weighted by Crippen LogP contribution is -2.38. The maximum atomic E-state index is 12.2. The predicted octanol–water partition coefficient (Wildman–Crippen LogP) is 0.932. The average Bonchev–Trinajstić information content (AvgIpc) is 2.93. The van der Waals surface area contributed by atoms with Crippen LogP contribution >= 0.6 is 15.9 Å². The van der Waals surface area contributed by atoms with Gasteiger partial charge in [-0.25, -0.2) is 13.1 Å². The van der Waals surface area contributed by atoms with Crippen molar-refractivity contribution in [3.8, 4) is 0 Å². The third-order valence-electron chi connectivity index (χ3n) is 3.12. The van der Waals surface area contributed by atoms with Gasteiger partial charge in [0.2, 0.25) is 15.9 Å². The Morgan fingerprint density at radius 3 is 2.65 bits per heavy atom. The van der Waals surface area contributed by atoms with Crippen LogP contribution in [0.5, 0.6) is 0 Å². The first-order chi connectivity index (χ1) is 9.40. The molecule has 0 spiro atoms. The number of nitrogens with two attached hydrogens (primary N) is 1. The SMILES string of the molecule is Nc1ccc(Br)c(S(=O)(=O)NCC(=O)N2CCCC2)c1. The molecular formula is C12H16BrN3O3S. The summed E-state index contributed by atoms with van der Waals surface area (Å²) in [5.41, 5.74) is 5.94. The van der Waals surface area contributed by atoms with Gasteiger partial charge >= 0.3 is 0 Å². The van der Waals surface area contributed by atoms with Crippen LogP contribution in [0.2, 0.25) is 0 Å². The molecular weight excluding hydrogens is 346 g/mol. The predicted molar refractivity (Wildman–Crippen MR) is 79.6 cm³/mol. The summed E-state index contributed by atoms with van der Waals surface area (Å²) < 4.78 is 27.0. The van der Waals surface area contributed by atoms with Crippen molar-refractivity contribution >= 4 is 37.5 Å². The first kappa shape index (κ1) is 15.3. The molecule has 1 heterocycles. The van der Waals surface area contributed by atoms with Crippen LogP contribution in [0.15, 0.2) is 27.6 Å². The number of carbonyl (C=O) groups is 1. The highest BCUT2D eigenvalue weighted by Gasteiger charge is 2.22. The average molecular weight is 362 g/mol. The lowest BCUT2D eigenvalue weighted by Gasteiger charge is -2.16. The first-order valence-electron chi connectivity index (χ1n) is 6.22. The van der Waals surface area contributed by atoms with E-state index in [1.165, 1.54) is 6.07 Å². The minimum atomic E-state index is -3.76. The molecule has 2 rings (SSSR count). The van der Waals surface area contributed by atoms with E-state index in [1.54, 1.807) is 17.0 Å². The van der Waals surface area contributed by atoms with Gasteiger partial charge in [0.25, 0.3) is 0 Å². The quantitative estimate of drug-likeness (QED) is 0.780. The van der Waals surface area contributed by atoms with Crippen LogP contribution in [0.4, 0.5) is 5.69 Å². The van der Waals surface area contributed by atoms with Crippen LogP contribution in [-0.2, 0) is 14.8 Å². The van der Waals surface area contributed by atoms with Gasteiger partial charge in [0.05, 0.1) is 11.4 Å². The number of amides is 1. The van der Waals surface area contributed by atoms with E-state index in [2.05, 4.69) is 20.7 Å². The molecule has 0 bridgehead atoms. The molecule has 20 heavy (non-hydrogen) atoms. The molecule has 1 aromatic rings.